The Kier molecular flexibility index (Phi) is 5.55. The van der Waals surface area contributed by atoms with Crippen LogP contribution in [0, 0.1) is 0 Å². The number of carbonyl (C=O) groups excluding carboxylic acids is 2. The highest BCUT2D eigenvalue weighted by Crippen LogP contribution is 2.41. The maximum absolute atomic E-state index is 11.9. The first-order valence-corrected chi connectivity index (χ1v) is 6.68. The highest BCUT2D eigenvalue weighted by atomic mass is 32.1. The number of carbonyl (C=O) groups is 4. The van der Waals surface area contributed by atoms with Crippen LogP contribution in [0.5, 0.6) is 0 Å². The molecule has 0 radical (unpaired) electrons. The summed E-state index contributed by atoms with van der Waals surface area (Å²) in [5, 5.41) is 21.3. The molecule has 0 aromatic rings. The summed E-state index contributed by atoms with van der Waals surface area (Å²) < 4.78 is 0. The summed E-state index contributed by atoms with van der Waals surface area (Å²) in [5.41, 5.74) is 4.04. The van der Waals surface area contributed by atoms with Crippen molar-refractivity contribution in [1.82, 2.24) is 10.6 Å². The number of carboxylic acid groups (broad SMARTS) is 2. The van der Waals surface area contributed by atoms with Gasteiger partial charge in [-0.1, -0.05) is 0 Å². The minimum absolute atomic E-state index is 0.0643. The minimum atomic E-state index is -1.23. The SMILES string of the molecule is N[C@@H](CCC(=O)NC1(C(=O)NCC(=O)O)CC1S)C(=O)O. The standard InChI is InChI=1S/C11H17N3O6S/c12-5(9(18)19)1-2-7(15)14-11(3-6(11)21)10(20)13-4-8(16)17/h5-6,21H,1-4,12H2,(H,13,20)(H,14,15)(H,16,17)(H,18,19)/t5-,6?,11?/m0/s1. The maximum atomic E-state index is 11.9. The molecule has 9 nitrogen and oxygen atoms in total. The van der Waals surface area contributed by atoms with Gasteiger partial charge in [-0.25, -0.2) is 0 Å². The topological polar surface area (TPSA) is 159 Å². The molecular formula is C11H17N3O6S. The molecule has 21 heavy (non-hydrogen) atoms. The first-order valence-electron chi connectivity index (χ1n) is 6.16. The Balaban J connectivity index is 2.50. The fraction of sp³-hybridized carbons (Fsp3) is 0.636. The largest absolute Gasteiger partial charge is 0.480 e. The third-order valence-corrected chi connectivity index (χ3v) is 3.71. The summed E-state index contributed by atoms with van der Waals surface area (Å²) >= 11 is 4.12. The molecule has 1 saturated carbocycles. The lowest BCUT2D eigenvalue weighted by Crippen LogP contribution is -2.52. The molecule has 1 aliphatic carbocycles. The van der Waals surface area contributed by atoms with Gasteiger partial charge in [-0.2, -0.15) is 12.6 Å². The fourth-order valence-corrected chi connectivity index (χ4v) is 2.19. The van der Waals surface area contributed by atoms with Gasteiger partial charge in [0.2, 0.25) is 11.8 Å². The van der Waals surface area contributed by atoms with Crippen molar-refractivity contribution in [2.75, 3.05) is 6.54 Å². The molecule has 1 aliphatic rings. The van der Waals surface area contributed by atoms with E-state index in [4.69, 9.17) is 15.9 Å². The van der Waals surface area contributed by atoms with Crippen molar-refractivity contribution in [3.8, 4) is 0 Å². The van der Waals surface area contributed by atoms with Gasteiger partial charge in [0.1, 0.15) is 18.1 Å². The molecule has 1 rings (SSSR count). The molecule has 2 unspecified atom stereocenters. The van der Waals surface area contributed by atoms with Gasteiger partial charge < -0.3 is 26.6 Å². The number of aliphatic carboxylic acids is 2. The van der Waals surface area contributed by atoms with Gasteiger partial charge in [0.05, 0.1) is 0 Å². The first-order chi connectivity index (χ1) is 9.69. The Bertz CT molecular complexity index is 471. The van der Waals surface area contributed by atoms with E-state index in [-0.39, 0.29) is 19.3 Å². The van der Waals surface area contributed by atoms with Gasteiger partial charge in [0.25, 0.3) is 0 Å². The number of nitrogens with one attached hydrogen (secondary N) is 2. The molecule has 0 heterocycles. The van der Waals surface area contributed by atoms with E-state index in [2.05, 4.69) is 23.3 Å². The zero-order valence-electron chi connectivity index (χ0n) is 11.0. The Morgan fingerprint density at radius 3 is 2.33 bits per heavy atom. The molecule has 0 aromatic carbocycles. The van der Waals surface area contributed by atoms with Crippen LogP contribution in [0.1, 0.15) is 19.3 Å². The van der Waals surface area contributed by atoms with Crippen LogP contribution in [0.3, 0.4) is 0 Å². The minimum Gasteiger partial charge on any atom is -0.480 e. The fourth-order valence-electron chi connectivity index (χ4n) is 1.72. The predicted molar refractivity (Wildman–Crippen MR) is 73.8 cm³/mol. The van der Waals surface area contributed by atoms with Crippen LogP contribution in [-0.4, -0.2) is 57.3 Å². The number of hydrogen-bond acceptors (Lipinski definition) is 6. The molecular weight excluding hydrogens is 302 g/mol. The van der Waals surface area contributed by atoms with Gasteiger partial charge in [-0.3, -0.25) is 19.2 Å². The first kappa shape index (κ1) is 17.2. The molecule has 0 aliphatic heterocycles. The van der Waals surface area contributed by atoms with E-state index >= 15 is 0 Å². The van der Waals surface area contributed by atoms with Crippen LogP contribution in [0.4, 0.5) is 0 Å². The molecule has 10 heteroatoms. The lowest BCUT2D eigenvalue weighted by Gasteiger charge is -2.18. The summed E-state index contributed by atoms with van der Waals surface area (Å²) in [7, 11) is 0. The van der Waals surface area contributed by atoms with E-state index in [1.165, 1.54) is 0 Å². The van der Waals surface area contributed by atoms with Crippen molar-refractivity contribution >= 4 is 36.4 Å². The monoisotopic (exact) mass is 319 g/mol. The quantitative estimate of drug-likeness (QED) is 0.280. The van der Waals surface area contributed by atoms with Crippen molar-refractivity contribution in [3.05, 3.63) is 0 Å². The van der Waals surface area contributed by atoms with E-state index in [0.717, 1.165) is 0 Å². The second kappa shape index (κ2) is 6.76. The van der Waals surface area contributed by atoms with Crippen LogP contribution >= 0.6 is 12.6 Å². The number of nitrogens with two attached hydrogens (primary N) is 1. The van der Waals surface area contributed by atoms with Crippen molar-refractivity contribution in [2.24, 2.45) is 5.73 Å². The number of amides is 2. The summed E-state index contributed by atoms with van der Waals surface area (Å²) in [6.45, 7) is -0.555. The van der Waals surface area contributed by atoms with E-state index in [1.54, 1.807) is 0 Å². The van der Waals surface area contributed by atoms with Crippen LogP contribution < -0.4 is 16.4 Å². The van der Waals surface area contributed by atoms with Crippen molar-refractivity contribution in [3.63, 3.8) is 0 Å². The molecule has 2 amide bonds. The molecule has 118 valence electrons. The maximum Gasteiger partial charge on any atom is 0.322 e. The average molecular weight is 319 g/mol. The van der Waals surface area contributed by atoms with Crippen molar-refractivity contribution in [2.45, 2.75) is 36.1 Å². The smallest absolute Gasteiger partial charge is 0.322 e. The third kappa shape index (κ3) is 4.60. The van der Waals surface area contributed by atoms with Crippen molar-refractivity contribution in [1.29, 1.82) is 0 Å². The van der Waals surface area contributed by atoms with Crippen LogP contribution in [0.25, 0.3) is 0 Å². The van der Waals surface area contributed by atoms with Gasteiger partial charge in [-0.15, -0.1) is 0 Å². The average Bonchev–Trinajstić information content (AvgIpc) is 3.04. The predicted octanol–water partition coefficient (Wildman–Crippen LogP) is -2.06. The lowest BCUT2D eigenvalue weighted by molar-refractivity contribution is -0.139. The Morgan fingerprint density at radius 2 is 1.90 bits per heavy atom. The summed E-state index contributed by atoms with van der Waals surface area (Å²) in [5.74, 6) is -3.57. The van der Waals surface area contributed by atoms with Crippen molar-refractivity contribution < 1.29 is 29.4 Å². The zero-order valence-corrected chi connectivity index (χ0v) is 11.9. The lowest BCUT2D eigenvalue weighted by atomic mass is 10.1. The molecule has 3 atom stereocenters. The number of hydrogen-bond donors (Lipinski definition) is 6. The highest BCUT2D eigenvalue weighted by Gasteiger charge is 2.59. The summed E-state index contributed by atoms with van der Waals surface area (Å²) in [4.78, 5) is 44.5. The van der Waals surface area contributed by atoms with Crippen LogP contribution in [-0.2, 0) is 19.2 Å². The molecule has 6 N–H and O–H groups in total. The van der Waals surface area contributed by atoms with Gasteiger partial charge >= 0.3 is 11.9 Å². The number of thiol groups is 1. The number of rotatable bonds is 8. The normalized spacial score (nSPS) is 24.8. The zero-order chi connectivity index (χ0) is 16.2. The van der Waals surface area contributed by atoms with E-state index in [1.807, 2.05) is 0 Å². The molecule has 0 aromatic heterocycles. The van der Waals surface area contributed by atoms with Gasteiger partial charge in [0, 0.05) is 11.7 Å². The van der Waals surface area contributed by atoms with Gasteiger partial charge in [-0.05, 0) is 12.8 Å². The summed E-state index contributed by atoms with van der Waals surface area (Å²) in [6.07, 6.45) is 0.0610. The van der Waals surface area contributed by atoms with E-state index < -0.39 is 47.1 Å². The molecule has 0 spiro atoms. The van der Waals surface area contributed by atoms with Gasteiger partial charge in [0.15, 0.2) is 0 Å². The second-order valence-electron chi connectivity index (χ2n) is 4.80. The van der Waals surface area contributed by atoms with Crippen LogP contribution in [0.2, 0.25) is 0 Å². The summed E-state index contributed by atoms with van der Waals surface area (Å²) in [6, 6.07) is -1.15. The third-order valence-electron chi connectivity index (χ3n) is 3.09. The van der Waals surface area contributed by atoms with Crippen LogP contribution in [0.15, 0.2) is 0 Å². The highest BCUT2D eigenvalue weighted by molar-refractivity contribution is 7.81. The van der Waals surface area contributed by atoms with E-state index in [9.17, 15) is 19.2 Å². The molecule has 0 saturated heterocycles. The Hall–Kier alpha value is -1.81. The number of carboxylic acids is 2. The Labute approximate surface area is 125 Å². The Morgan fingerprint density at radius 1 is 1.33 bits per heavy atom. The molecule has 0 bridgehead atoms. The molecule has 1 fully saturated rings. The van der Waals surface area contributed by atoms with E-state index in [0.29, 0.717) is 0 Å². The second-order valence-corrected chi connectivity index (χ2v) is 5.42.